The summed E-state index contributed by atoms with van der Waals surface area (Å²) in [6, 6.07) is 17.1. The van der Waals surface area contributed by atoms with Gasteiger partial charge in [-0.1, -0.05) is 42.5 Å². The highest BCUT2D eigenvalue weighted by molar-refractivity contribution is 5.77. The molecule has 0 aliphatic rings. The normalized spacial score (nSPS) is 11.9. The van der Waals surface area contributed by atoms with Gasteiger partial charge in [-0.05, 0) is 36.6 Å². The predicted octanol–water partition coefficient (Wildman–Crippen LogP) is 2.53. The number of hydrogen-bond donors (Lipinski definition) is 1. The van der Waals surface area contributed by atoms with E-state index in [4.69, 9.17) is 10.5 Å². The molecule has 0 heterocycles. The van der Waals surface area contributed by atoms with Crippen molar-refractivity contribution in [2.75, 3.05) is 0 Å². The molecule has 0 spiro atoms. The molecule has 98 valence electrons. The lowest BCUT2D eigenvalue weighted by atomic mass is 10.1. The molecule has 2 aromatic rings. The van der Waals surface area contributed by atoms with Crippen LogP contribution in [0.1, 0.15) is 18.1 Å². The van der Waals surface area contributed by atoms with Gasteiger partial charge in [-0.15, -0.1) is 0 Å². The van der Waals surface area contributed by atoms with Gasteiger partial charge in [0.25, 0.3) is 0 Å². The maximum absolute atomic E-state index is 11.3. The van der Waals surface area contributed by atoms with Crippen molar-refractivity contribution in [3.63, 3.8) is 0 Å². The van der Waals surface area contributed by atoms with Crippen molar-refractivity contribution in [1.82, 2.24) is 0 Å². The molecule has 0 fully saturated rings. The van der Waals surface area contributed by atoms with Gasteiger partial charge < -0.3 is 10.5 Å². The molecule has 0 saturated heterocycles. The summed E-state index contributed by atoms with van der Waals surface area (Å²) in [5, 5.41) is 0. The third-order valence-corrected chi connectivity index (χ3v) is 2.76. The predicted molar refractivity (Wildman–Crippen MR) is 75.0 cm³/mol. The van der Waals surface area contributed by atoms with Crippen LogP contribution in [0.5, 0.6) is 5.75 Å². The molecule has 2 N–H and O–H groups in total. The molecule has 3 heteroatoms. The van der Waals surface area contributed by atoms with E-state index >= 15 is 0 Å². The minimum absolute atomic E-state index is 0.421. The molecule has 0 aliphatic carbocycles. The molecule has 0 bridgehead atoms. The minimum atomic E-state index is -0.607. The summed E-state index contributed by atoms with van der Waals surface area (Å²) < 4.78 is 5.12. The van der Waals surface area contributed by atoms with Crippen molar-refractivity contribution in [2.45, 2.75) is 19.4 Å². The average molecular weight is 255 g/mol. The number of carbonyl (C=O) groups excluding carboxylic acids is 1. The molecule has 0 aromatic heterocycles. The van der Waals surface area contributed by atoms with Gasteiger partial charge in [-0.25, -0.2) is 4.79 Å². The van der Waals surface area contributed by atoms with Gasteiger partial charge in [0, 0.05) is 0 Å². The third kappa shape index (κ3) is 3.93. The quantitative estimate of drug-likeness (QED) is 0.674. The fourth-order valence-electron chi connectivity index (χ4n) is 1.72. The highest BCUT2D eigenvalue weighted by Crippen LogP contribution is 2.15. The summed E-state index contributed by atoms with van der Waals surface area (Å²) in [5.41, 5.74) is 7.87. The van der Waals surface area contributed by atoms with Gasteiger partial charge in [0.2, 0.25) is 0 Å². The van der Waals surface area contributed by atoms with E-state index in [-0.39, 0.29) is 0 Å². The average Bonchev–Trinajstić information content (AvgIpc) is 2.42. The zero-order valence-corrected chi connectivity index (χ0v) is 10.9. The van der Waals surface area contributed by atoms with Crippen LogP contribution in [0.4, 0.5) is 0 Å². The second-order valence-electron chi connectivity index (χ2n) is 4.52. The van der Waals surface area contributed by atoms with Crippen LogP contribution in [0.3, 0.4) is 0 Å². The summed E-state index contributed by atoms with van der Waals surface area (Å²) in [6.45, 7) is 1.60. The zero-order valence-electron chi connectivity index (χ0n) is 10.9. The zero-order chi connectivity index (χ0) is 13.7. The topological polar surface area (TPSA) is 52.3 Å². The van der Waals surface area contributed by atoms with Crippen LogP contribution in [0.25, 0.3) is 0 Å². The Hall–Kier alpha value is -2.13. The molecule has 0 amide bonds. The van der Waals surface area contributed by atoms with Crippen LogP contribution < -0.4 is 10.5 Å². The van der Waals surface area contributed by atoms with E-state index in [1.165, 1.54) is 11.1 Å². The molecule has 2 aromatic carbocycles. The van der Waals surface area contributed by atoms with Crippen molar-refractivity contribution in [3.05, 3.63) is 65.7 Å². The van der Waals surface area contributed by atoms with E-state index in [1.807, 2.05) is 30.3 Å². The molecule has 2 rings (SSSR count). The minimum Gasteiger partial charge on any atom is -0.425 e. The number of rotatable bonds is 4. The lowest BCUT2D eigenvalue weighted by molar-refractivity contribution is -0.135. The van der Waals surface area contributed by atoms with E-state index in [2.05, 4.69) is 12.1 Å². The smallest absolute Gasteiger partial charge is 0.328 e. The third-order valence-electron chi connectivity index (χ3n) is 2.76. The molecule has 19 heavy (non-hydrogen) atoms. The molecular formula is C16H17NO2. The highest BCUT2D eigenvalue weighted by atomic mass is 16.5. The Morgan fingerprint density at radius 2 is 1.63 bits per heavy atom. The van der Waals surface area contributed by atoms with E-state index in [0.717, 1.165) is 6.42 Å². The van der Waals surface area contributed by atoms with Gasteiger partial charge >= 0.3 is 5.97 Å². The van der Waals surface area contributed by atoms with Crippen molar-refractivity contribution >= 4 is 5.97 Å². The maximum atomic E-state index is 11.3. The molecule has 1 atom stereocenters. The van der Waals surface area contributed by atoms with Crippen LogP contribution in [0, 0.1) is 0 Å². The Bertz CT molecular complexity index is 532. The number of carbonyl (C=O) groups is 1. The number of esters is 1. The number of hydrogen-bond acceptors (Lipinski definition) is 3. The number of benzene rings is 2. The number of nitrogens with two attached hydrogens (primary N) is 1. The first-order valence-corrected chi connectivity index (χ1v) is 6.25. The van der Waals surface area contributed by atoms with E-state index < -0.39 is 12.0 Å². The monoisotopic (exact) mass is 255 g/mol. The Labute approximate surface area is 113 Å². The van der Waals surface area contributed by atoms with E-state index in [1.54, 1.807) is 19.1 Å². The fraction of sp³-hybridized carbons (Fsp3) is 0.188. The summed E-state index contributed by atoms with van der Waals surface area (Å²) in [6.07, 6.45) is 0.863. The molecule has 0 aliphatic heterocycles. The SMILES string of the molecule is C[C@H](N)C(=O)Oc1ccc(Cc2ccccc2)cc1. The second kappa shape index (κ2) is 6.16. The molecule has 0 radical (unpaired) electrons. The van der Waals surface area contributed by atoms with Crippen molar-refractivity contribution in [2.24, 2.45) is 5.73 Å². The molecule has 0 saturated carbocycles. The summed E-state index contributed by atoms with van der Waals surface area (Å²) in [4.78, 5) is 11.3. The maximum Gasteiger partial charge on any atom is 0.328 e. The van der Waals surface area contributed by atoms with Crippen LogP contribution in [0.15, 0.2) is 54.6 Å². The van der Waals surface area contributed by atoms with Crippen molar-refractivity contribution in [1.29, 1.82) is 0 Å². The first kappa shape index (κ1) is 13.3. The second-order valence-corrected chi connectivity index (χ2v) is 4.52. The fourth-order valence-corrected chi connectivity index (χ4v) is 1.72. The van der Waals surface area contributed by atoms with Crippen LogP contribution >= 0.6 is 0 Å². The summed E-state index contributed by atoms with van der Waals surface area (Å²) >= 11 is 0. The standard InChI is InChI=1S/C16H17NO2/c1-12(17)16(18)19-15-9-7-14(8-10-15)11-13-5-3-2-4-6-13/h2-10,12H,11,17H2,1H3/t12-/m0/s1. The highest BCUT2D eigenvalue weighted by Gasteiger charge is 2.09. The Morgan fingerprint density at radius 1 is 1.05 bits per heavy atom. The van der Waals surface area contributed by atoms with Gasteiger partial charge in [-0.3, -0.25) is 0 Å². The number of ether oxygens (including phenoxy) is 1. The van der Waals surface area contributed by atoms with Gasteiger partial charge in [0.05, 0.1) is 0 Å². The molecule has 0 unspecified atom stereocenters. The van der Waals surface area contributed by atoms with Crippen LogP contribution in [0.2, 0.25) is 0 Å². The first-order valence-electron chi connectivity index (χ1n) is 6.25. The Kier molecular flexibility index (Phi) is 4.31. The Balaban J connectivity index is 2.01. The summed E-state index contributed by atoms with van der Waals surface area (Å²) in [5.74, 6) is 0.106. The lowest BCUT2D eigenvalue weighted by Gasteiger charge is -2.07. The largest absolute Gasteiger partial charge is 0.425 e. The van der Waals surface area contributed by atoms with Crippen LogP contribution in [-0.4, -0.2) is 12.0 Å². The van der Waals surface area contributed by atoms with Crippen molar-refractivity contribution < 1.29 is 9.53 Å². The van der Waals surface area contributed by atoms with Crippen molar-refractivity contribution in [3.8, 4) is 5.75 Å². The molecule has 3 nitrogen and oxygen atoms in total. The first-order chi connectivity index (χ1) is 9.15. The van der Waals surface area contributed by atoms with Crippen LogP contribution in [-0.2, 0) is 11.2 Å². The van der Waals surface area contributed by atoms with E-state index in [9.17, 15) is 4.79 Å². The molecular weight excluding hydrogens is 238 g/mol. The van der Waals surface area contributed by atoms with Gasteiger partial charge in [0.15, 0.2) is 0 Å². The van der Waals surface area contributed by atoms with Gasteiger partial charge in [0.1, 0.15) is 11.8 Å². The Morgan fingerprint density at radius 3 is 2.21 bits per heavy atom. The summed E-state index contributed by atoms with van der Waals surface area (Å²) in [7, 11) is 0. The van der Waals surface area contributed by atoms with Gasteiger partial charge in [-0.2, -0.15) is 0 Å². The lowest BCUT2D eigenvalue weighted by Crippen LogP contribution is -2.30. The van der Waals surface area contributed by atoms with E-state index in [0.29, 0.717) is 5.75 Å².